The molecule has 0 spiro atoms. The van der Waals surface area contributed by atoms with Gasteiger partial charge < -0.3 is 5.32 Å². The highest BCUT2D eigenvalue weighted by molar-refractivity contribution is 5.74. The van der Waals surface area contributed by atoms with Crippen LogP contribution in [0.25, 0.3) is 0 Å². The van der Waals surface area contributed by atoms with Crippen LogP contribution in [0.5, 0.6) is 0 Å². The molecule has 0 saturated carbocycles. The van der Waals surface area contributed by atoms with Gasteiger partial charge in [0.2, 0.25) is 0 Å². The predicted molar refractivity (Wildman–Crippen MR) is 57.9 cm³/mol. The molecule has 1 aromatic rings. The Balaban J connectivity index is 2.37. The lowest BCUT2D eigenvalue weighted by molar-refractivity contribution is 0.111. The van der Waals surface area contributed by atoms with Gasteiger partial charge in [-0.25, -0.2) is 0 Å². The van der Waals surface area contributed by atoms with Crippen molar-refractivity contribution in [2.45, 2.75) is 33.4 Å². The summed E-state index contributed by atoms with van der Waals surface area (Å²) in [6, 6.07) is 0. The minimum Gasteiger partial charge on any atom is -0.312 e. The molecule has 1 aromatic heterocycles. The van der Waals surface area contributed by atoms with Crippen LogP contribution in [0, 0.1) is 5.92 Å². The molecule has 1 aliphatic rings. The number of hydrogen-bond acceptors (Lipinski definition) is 3. The highest BCUT2D eigenvalue weighted by Crippen LogP contribution is 2.18. The molecule has 0 unspecified atom stereocenters. The first-order valence-corrected chi connectivity index (χ1v) is 5.46. The molecule has 2 heterocycles. The predicted octanol–water partition coefficient (Wildman–Crippen LogP) is 0.997. The van der Waals surface area contributed by atoms with Crippen LogP contribution in [-0.4, -0.2) is 22.6 Å². The lowest BCUT2D eigenvalue weighted by atomic mass is 10.1. The summed E-state index contributed by atoms with van der Waals surface area (Å²) in [5.74, 6) is 0.559. The minimum atomic E-state index is 0.559. The third-order valence-corrected chi connectivity index (χ3v) is 2.69. The second kappa shape index (κ2) is 4.14. The van der Waals surface area contributed by atoms with Crippen molar-refractivity contribution in [1.82, 2.24) is 15.1 Å². The van der Waals surface area contributed by atoms with Gasteiger partial charge >= 0.3 is 0 Å². The van der Waals surface area contributed by atoms with Crippen LogP contribution in [0.3, 0.4) is 0 Å². The summed E-state index contributed by atoms with van der Waals surface area (Å²) < 4.78 is 2.00. The highest BCUT2D eigenvalue weighted by Gasteiger charge is 2.20. The third-order valence-electron chi connectivity index (χ3n) is 2.69. The molecule has 0 atom stereocenters. The van der Waals surface area contributed by atoms with Gasteiger partial charge in [0.05, 0.1) is 0 Å². The van der Waals surface area contributed by atoms with Crippen LogP contribution < -0.4 is 5.32 Å². The van der Waals surface area contributed by atoms with E-state index in [1.54, 1.807) is 0 Å². The van der Waals surface area contributed by atoms with E-state index >= 15 is 0 Å². The van der Waals surface area contributed by atoms with Crippen LogP contribution in [0.1, 0.15) is 35.6 Å². The van der Waals surface area contributed by atoms with Gasteiger partial charge in [0, 0.05) is 37.3 Å². The first-order chi connectivity index (χ1) is 7.22. The first-order valence-electron chi connectivity index (χ1n) is 5.46. The molecule has 0 radical (unpaired) electrons. The van der Waals surface area contributed by atoms with Crippen LogP contribution in [0.2, 0.25) is 0 Å². The molecule has 0 saturated heterocycles. The molecule has 4 heteroatoms. The van der Waals surface area contributed by atoms with E-state index in [4.69, 9.17) is 0 Å². The van der Waals surface area contributed by atoms with Crippen molar-refractivity contribution in [3.8, 4) is 0 Å². The van der Waals surface area contributed by atoms with Gasteiger partial charge in [-0.1, -0.05) is 13.8 Å². The van der Waals surface area contributed by atoms with Crippen molar-refractivity contribution in [1.29, 1.82) is 0 Å². The van der Waals surface area contributed by atoms with Crippen LogP contribution in [0.4, 0.5) is 0 Å². The van der Waals surface area contributed by atoms with Gasteiger partial charge in [-0.2, -0.15) is 5.10 Å². The number of carbonyl (C=O) groups excluding carboxylic acids is 1. The maximum absolute atomic E-state index is 10.9. The van der Waals surface area contributed by atoms with Crippen molar-refractivity contribution >= 4 is 6.29 Å². The number of rotatable bonds is 3. The summed E-state index contributed by atoms with van der Waals surface area (Å²) in [4.78, 5) is 10.9. The van der Waals surface area contributed by atoms with Crippen LogP contribution in [-0.2, 0) is 19.5 Å². The SMILES string of the molecule is CC(C)Cn1nc(C=O)c2c1CCNC2. The lowest BCUT2D eigenvalue weighted by Crippen LogP contribution is -2.25. The van der Waals surface area contributed by atoms with Crippen molar-refractivity contribution in [2.24, 2.45) is 5.92 Å². The number of carbonyl (C=O) groups is 1. The Kier molecular flexibility index (Phi) is 2.86. The summed E-state index contributed by atoms with van der Waals surface area (Å²) in [6.07, 6.45) is 1.84. The lowest BCUT2D eigenvalue weighted by Gasteiger charge is -2.16. The second-order valence-electron chi connectivity index (χ2n) is 4.43. The van der Waals surface area contributed by atoms with E-state index in [1.165, 1.54) is 5.69 Å². The molecule has 1 aliphatic heterocycles. The van der Waals surface area contributed by atoms with Gasteiger partial charge in [-0.3, -0.25) is 9.48 Å². The van der Waals surface area contributed by atoms with E-state index < -0.39 is 0 Å². The van der Waals surface area contributed by atoms with E-state index in [0.29, 0.717) is 11.6 Å². The molecule has 0 bridgehead atoms. The standard InChI is InChI=1S/C11H17N3O/c1-8(2)6-14-11-3-4-12-5-9(11)10(7-15)13-14/h7-8,12H,3-6H2,1-2H3. The maximum Gasteiger partial charge on any atom is 0.170 e. The van der Waals surface area contributed by atoms with Gasteiger partial charge in [0.15, 0.2) is 6.29 Å². The van der Waals surface area contributed by atoms with E-state index in [9.17, 15) is 4.79 Å². The Morgan fingerprint density at radius 1 is 1.60 bits per heavy atom. The number of aromatic nitrogens is 2. The summed E-state index contributed by atoms with van der Waals surface area (Å²) in [7, 11) is 0. The zero-order valence-corrected chi connectivity index (χ0v) is 9.29. The first kappa shape index (κ1) is 10.4. The molecule has 0 fully saturated rings. The van der Waals surface area contributed by atoms with Crippen molar-refractivity contribution < 1.29 is 4.79 Å². The number of nitrogens with zero attached hydrogens (tertiary/aromatic N) is 2. The summed E-state index contributed by atoms with van der Waals surface area (Å²) in [5.41, 5.74) is 2.94. The largest absolute Gasteiger partial charge is 0.312 e. The van der Waals surface area contributed by atoms with Gasteiger partial charge in [-0.05, 0) is 5.92 Å². The number of nitrogens with one attached hydrogen (secondary N) is 1. The molecule has 0 aliphatic carbocycles. The molecule has 82 valence electrons. The molecule has 0 amide bonds. The number of hydrogen-bond donors (Lipinski definition) is 1. The highest BCUT2D eigenvalue weighted by atomic mass is 16.1. The Labute approximate surface area is 89.7 Å². The Hall–Kier alpha value is -1.16. The minimum absolute atomic E-state index is 0.559. The average Bonchev–Trinajstić information content (AvgIpc) is 2.56. The molecule has 4 nitrogen and oxygen atoms in total. The molecule has 15 heavy (non-hydrogen) atoms. The molecule has 1 N–H and O–H groups in total. The van der Waals surface area contributed by atoms with Gasteiger partial charge in [0.1, 0.15) is 5.69 Å². The zero-order valence-electron chi connectivity index (χ0n) is 9.29. The second-order valence-corrected chi connectivity index (χ2v) is 4.43. The summed E-state index contributed by atoms with van der Waals surface area (Å²) in [5, 5.41) is 7.63. The normalized spacial score (nSPS) is 15.4. The third kappa shape index (κ3) is 1.95. The van der Waals surface area contributed by atoms with E-state index in [0.717, 1.165) is 37.9 Å². The average molecular weight is 207 g/mol. The zero-order chi connectivity index (χ0) is 10.8. The number of aldehydes is 1. The number of fused-ring (bicyclic) bond motifs is 1. The van der Waals surface area contributed by atoms with E-state index in [-0.39, 0.29) is 0 Å². The van der Waals surface area contributed by atoms with Gasteiger partial charge in [0.25, 0.3) is 0 Å². The smallest absolute Gasteiger partial charge is 0.170 e. The fourth-order valence-corrected chi connectivity index (χ4v) is 2.04. The van der Waals surface area contributed by atoms with Crippen molar-refractivity contribution in [3.05, 3.63) is 17.0 Å². The Morgan fingerprint density at radius 3 is 3.07 bits per heavy atom. The van der Waals surface area contributed by atoms with Crippen molar-refractivity contribution in [2.75, 3.05) is 6.54 Å². The van der Waals surface area contributed by atoms with Crippen LogP contribution >= 0.6 is 0 Å². The Bertz CT molecular complexity index is 368. The molecular weight excluding hydrogens is 190 g/mol. The van der Waals surface area contributed by atoms with Crippen LogP contribution in [0.15, 0.2) is 0 Å². The quantitative estimate of drug-likeness (QED) is 0.752. The fourth-order valence-electron chi connectivity index (χ4n) is 2.04. The topological polar surface area (TPSA) is 46.9 Å². The maximum atomic E-state index is 10.9. The van der Waals surface area contributed by atoms with E-state index in [2.05, 4.69) is 24.3 Å². The molecule has 0 aromatic carbocycles. The molecule has 2 rings (SSSR count). The monoisotopic (exact) mass is 207 g/mol. The van der Waals surface area contributed by atoms with Gasteiger partial charge in [-0.15, -0.1) is 0 Å². The van der Waals surface area contributed by atoms with E-state index in [1.807, 2.05) is 4.68 Å². The fraction of sp³-hybridized carbons (Fsp3) is 0.636. The Morgan fingerprint density at radius 2 is 2.40 bits per heavy atom. The van der Waals surface area contributed by atoms with Crippen molar-refractivity contribution in [3.63, 3.8) is 0 Å². The summed E-state index contributed by atoms with van der Waals surface area (Å²) >= 11 is 0. The molecular formula is C11H17N3O. The summed E-state index contributed by atoms with van der Waals surface area (Å²) in [6.45, 7) is 6.98.